The lowest BCUT2D eigenvalue weighted by molar-refractivity contribution is -0.129. The normalized spacial score (nSPS) is 17.5. The van der Waals surface area contributed by atoms with Crippen molar-refractivity contribution in [3.63, 3.8) is 0 Å². The molecule has 4 nitrogen and oxygen atoms in total. The number of oxime groups is 1. The molecule has 0 radical (unpaired) electrons. The van der Waals surface area contributed by atoms with E-state index in [1.807, 2.05) is 30.3 Å². The monoisotopic (exact) mass is 488 g/mol. The van der Waals surface area contributed by atoms with Gasteiger partial charge < -0.3 is 10.2 Å². The third kappa shape index (κ3) is 5.02. The number of halogens is 4. The van der Waals surface area contributed by atoms with Crippen LogP contribution >= 0.6 is 23.2 Å². The highest BCUT2D eigenvalue weighted by atomic mass is 35.5. The molecule has 4 rings (SSSR count). The van der Waals surface area contributed by atoms with Crippen molar-refractivity contribution in [3.8, 4) is 0 Å². The molecule has 1 amide bonds. The van der Waals surface area contributed by atoms with Crippen LogP contribution in [0.25, 0.3) is 0 Å². The standard InChI is InChI=1S/C25H20Cl2F2N2O2/c26-20-11-10-19(14-21(20)27)25(24(28)29)15-22(31-33-25)17-6-8-18(9-7-17)23(32)30-13-12-16-4-2-1-3-5-16/h1-11,14,24H,12-13,15H2,(H,30,32). The van der Waals surface area contributed by atoms with E-state index < -0.39 is 12.0 Å². The molecule has 0 fully saturated rings. The molecular weight excluding hydrogens is 469 g/mol. The summed E-state index contributed by atoms with van der Waals surface area (Å²) in [6.45, 7) is 0.506. The second-order valence-corrected chi connectivity index (χ2v) is 8.51. The molecule has 1 aliphatic heterocycles. The first-order valence-corrected chi connectivity index (χ1v) is 11.1. The first-order valence-electron chi connectivity index (χ1n) is 10.3. The van der Waals surface area contributed by atoms with Gasteiger partial charge in [0.1, 0.15) is 0 Å². The number of alkyl halides is 2. The van der Waals surface area contributed by atoms with E-state index in [4.69, 9.17) is 28.0 Å². The highest BCUT2D eigenvalue weighted by Crippen LogP contribution is 2.43. The van der Waals surface area contributed by atoms with Crippen LogP contribution < -0.4 is 5.32 Å². The number of hydrogen-bond acceptors (Lipinski definition) is 3. The Morgan fingerprint density at radius 1 is 1.03 bits per heavy atom. The van der Waals surface area contributed by atoms with E-state index in [0.717, 1.165) is 12.0 Å². The molecule has 1 heterocycles. The smallest absolute Gasteiger partial charge is 0.284 e. The second kappa shape index (κ2) is 9.89. The molecule has 0 spiro atoms. The number of nitrogens with one attached hydrogen (secondary N) is 1. The summed E-state index contributed by atoms with van der Waals surface area (Å²) in [5.74, 6) is -0.208. The van der Waals surface area contributed by atoms with Gasteiger partial charge in [0.05, 0.1) is 15.8 Å². The van der Waals surface area contributed by atoms with Crippen LogP contribution in [0.4, 0.5) is 8.78 Å². The van der Waals surface area contributed by atoms with Gasteiger partial charge >= 0.3 is 0 Å². The van der Waals surface area contributed by atoms with Gasteiger partial charge in [-0.3, -0.25) is 4.79 Å². The molecule has 3 aromatic carbocycles. The zero-order valence-electron chi connectivity index (χ0n) is 17.4. The van der Waals surface area contributed by atoms with Gasteiger partial charge in [-0.25, -0.2) is 8.78 Å². The quantitative estimate of drug-likeness (QED) is 0.427. The van der Waals surface area contributed by atoms with Crippen LogP contribution in [0.3, 0.4) is 0 Å². The highest BCUT2D eigenvalue weighted by Gasteiger charge is 2.50. The van der Waals surface area contributed by atoms with Crippen LogP contribution in [0.1, 0.15) is 33.5 Å². The molecule has 33 heavy (non-hydrogen) atoms. The molecule has 0 saturated carbocycles. The van der Waals surface area contributed by atoms with Crippen LogP contribution in [0.5, 0.6) is 0 Å². The summed E-state index contributed by atoms with van der Waals surface area (Å²) in [6.07, 6.45) is -2.26. The Hall–Kier alpha value is -2.96. The first kappa shape index (κ1) is 23.2. The Bertz CT molecular complexity index is 1170. The molecule has 1 unspecified atom stereocenters. The molecule has 0 aliphatic carbocycles. The number of carbonyl (C=O) groups excluding carboxylic acids is 1. The lowest BCUT2D eigenvalue weighted by atomic mass is 9.87. The lowest BCUT2D eigenvalue weighted by Crippen LogP contribution is -2.34. The molecular formula is C25H20Cl2F2N2O2. The van der Waals surface area contributed by atoms with E-state index >= 15 is 0 Å². The van der Waals surface area contributed by atoms with Gasteiger partial charge in [0.2, 0.25) is 5.60 Å². The summed E-state index contributed by atoms with van der Waals surface area (Å²) in [5.41, 5.74) is 0.806. The Balaban J connectivity index is 1.42. The molecule has 0 saturated heterocycles. The first-order chi connectivity index (χ1) is 15.9. The Morgan fingerprint density at radius 3 is 2.42 bits per heavy atom. The SMILES string of the molecule is O=C(NCCc1ccccc1)c1ccc(C2=NOC(c3ccc(Cl)c(Cl)c3)(C(F)F)C2)cc1. The van der Waals surface area contributed by atoms with Crippen LogP contribution in [0.2, 0.25) is 10.0 Å². The lowest BCUT2D eigenvalue weighted by Gasteiger charge is -2.26. The van der Waals surface area contributed by atoms with Gasteiger partial charge in [-0.1, -0.05) is 76.9 Å². The molecule has 1 aliphatic rings. The number of rotatable bonds is 7. The topological polar surface area (TPSA) is 50.7 Å². The summed E-state index contributed by atoms with van der Waals surface area (Å²) >= 11 is 11.9. The van der Waals surface area contributed by atoms with E-state index in [1.165, 1.54) is 18.2 Å². The van der Waals surface area contributed by atoms with Crippen molar-refractivity contribution in [2.24, 2.45) is 5.16 Å². The van der Waals surface area contributed by atoms with E-state index in [1.54, 1.807) is 24.3 Å². The van der Waals surface area contributed by atoms with E-state index in [-0.39, 0.29) is 27.9 Å². The molecule has 1 N–H and O–H groups in total. The van der Waals surface area contributed by atoms with E-state index in [9.17, 15) is 13.6 Å². The van der Waals surface area contributed by atoms with Crippen molar-refractivity contribution in [3.05, 3.63) is 105 Å². The zero-order chi connectivity index (χ0) is 23.4. The number of benzene rings is 3. The van der Waals surface area contributed by atoms with Gasteiger partial charge in [0.15, 0.2) is 0 Å². The minimum absolute atomic E-state index is 0.148. The van der Waals surface area contributed by atoms with Gasteiger partial charge in [0.25, 0.3) is 12.3 Å². The Morgan fingerprint density at radius 2 is 1.76 bits per heavy atom. The third-order valence-electron chi connectivity index (χ3n) is 5.53. The molecule has 3 aromatic rings. The predicted octanol–water partition coefficient (Wildman–Crippen LogP) is 6.25. The van der Waals surface area contributed by atoms with Crippen LogP contribution in [0.15, 0.2) is 78.0 Å². The number of nitrogens with zero attached hydrogens (tertiary/aromatic N) is 1. The van der Waals surface area contributed by atoms with E-state index in [0.29, 0.717) is 23.4 Å². The van der Waals surface area contributed by atoms with Crippen molar-refractivity contribution in [1.29, 1.82) is 0 Å². The summed E-state index contributed by atoms with van der Waals surface area (Å²) in [6, 6.07) is 20.8. The average molecular weight is 489 g/mol. The summed E-state index contributed by atoms with van der Waals surface area (Å²) < 4.78 is 28.2. The minimum Gasteiger partial charge on any atom is -0.378 e. The van der Waals surface area contributed by atoms with E-state index in [2.05, 4.69) is 10.5 Å². The second-order valence-electron chi connectivity index (χ2n) is 7.69. The summed E-state index contributed by atoms with van der Waals surface area (Å²) in [4.78, 5) is 17.7. The molecule has 1 atom stereocenters. The largest absolute Gasteiger partial charge is 0.378 e. The van der Waals surface area contributed by atoms with Crippen molar-refractivity contribution >= 4 is 34.8 Å². The van der Waals surface area contributed by atoms with Crippen molar-refractivity contribution < 1.29 is 18.4 Å². The minimum atomic E-state index is -2.84. The fourth-order valence-corrected chi connectivity index (χ4v) is 3.94. The fourth-order valence-electron chi connectivity index (χ4n) is 3.64. The van der Waals surface area contributed by atoms with Crippen LogP contribution in [-0.2, 0) is 16.9 Å². The third-order valence-corrected chi connectivity index (χ3v) is 6.27. The molecule has 0 aromatic heterocycles. The molecule has 0 bridgehead atoms. The molecule has 170 valence electrons. The maximum Gasteiger partial charge on any atom is 0.284 e. The molecule has 8 heteroatoms. The van der Waals surface area contributed by atoms with Crippen molar-refractivity contribution in [2.45, 2.75) is 24.9 Å². The Kier molecular flexibility index (Phi) is 6.96. The van der Waals surface area contributed by atoms with Gasteiger partial charge in [0, 0.05) is 24.1 Å². The predicted molar refractivity (Wildman–Crippen MR) is 125 cm³/mol. The van der Waals surface area contributed by atoms with Crippen LogP contribution in [0, 0.1) is 0 Å². The van der Waals surface area contributed by atoms with Crippen molar-refractivity contribution in [1.82, 2.24) is 5.32 Å². The Labute approximate surface area is 200 Å². The maximum atomic E-state index is 14.1. The number of amides is 1. The highest BCUT2D eigenvalue weighted by molar-refractivity contribution is 6.42. The number of carbonyl (C=O) groups is 1. The fraction of sp³-hybridized carbons (Fsp3) is 0.200. The van der Waals surface area contributed by atoms with Gasteiger partial charge in [-0.2, -0.15) is 0 Å². The van der Waals surface area contributed by atoms with Crippen molar-refractivity contribution in [2.75, 3.05) is 6.54 Å². The number of hydrogen-bond donors (Lipinski definition) is 1. The van der Waals surface area contributed by atoms with Gasteiger partial charge in [-0.05, 0) is 41.8 Å². The summed E-state index contributed by atoms with van der Waals surface area (Å²) in [5, 5.41) is 7.23. The zero-order valence-corrected chi connectivity index (χ0v) is 18.9. The maximum absolute atomic E-state index is 14.1. The average Bonchev–Trinajstić information content (AvgIpc) is 3.29. The van der Waals surface area contributed by atoms with Gasteiger partial charge in [-0.15, -0.1) is 0 Å². The van der Waals surface area contributed by atoms with Crippen LogP contribution in [-0.4, -0.2) is 24.6 Å². The summed E-state index contributed by atoms with van der Waals surface area (Å²) in [7, 11) is 0.